The number of rotatable bonds is 2. The normalized spacial score (nSPS) is 10.5. The predicted octanol–water partition coefficient (Wildman–Crippen LogP) is 0.0823. The summed E-state index contributed by atoms with van der Waals surface area (Å²) in [6, 6.07) is 0. The number of nitrogens with zero attached hydrogens (tertiary/aromatic N) is 3. The maximum Gasteiger partial charge on any atom is 0.341 e. The predicted molar refractivity (Wildman–Crippen MR) is 61.4 cm³/mol. The quantitative estimate of drug-likeness (QED) is 0.763. The van der Waals surface area contributed by atoms with E-state index in [4.69, 9.17) is 5.11 Å². The molecule has 0 aliphatic heterocycles. The smallest absolute Gasteiger partial charge is 0.341 e. The fourth-order valence-electron chi connectivity index (χ4n) is 1.37. The number of carbonyl (C=O) groups is 1. The van der Waals surface area contributed by atoms with Gasteiger partial charge in [-0.2, -0.15) is 4.98 Å². The van der Waals surface area contributed by atoms with E-state index >= 15 is 0 Å². The Morgan fingerprint density at radius 1 is 1.47 bits per heavy atom. The monoisotopic (exact) mass is 234 g/mol. The minimum Gasteiger partial charge on any atom is -0.477 e. The van der Waals surface area contributed by atoms with E-state index in [1.807, 2.05) is 0 Å². The molecule has 2 rings (SSSR count). The summed E-state index contributed by atoms with van der Waals surface area (Å²) in [7, 11) is 3.54. The van der Waals surface area contributed by atoms with Gasteiger partial charge in [-0.1, -0.05) is 0 Å². The molecule has 0 spiro atoms. The van der Waals surface area contributed by atoms with Crippen LogP contribution in [0.5, 0.6) is 0 Å². The Bertz CT molecular complexity index is 648. The summed E-state index contributed by atoms with van der Waals surface area (Å²) >= 11 is 0. The van der Waals surface area contributed by atoms with E-state index in [0.29, 0.717) is 11.6 Å². The second-order valence-electron chi connectivity index (χ2n) is 3.66. The summed E-state index contributed by atoms with van der Waals surface area (Å²) < 4.78 is 0. The molecule has 0 fully saturated rings. The molecule has 88 valence electrons. The van der Waals surface area contributed by atoms with Gasteiger partial charge in [0.15, 0.2) is 0 Å². The average molecular weight is 234 g/mol. The van der Waals surface area contributed by atoms with Crippen molar-refractivity contribution in [2.75, 3.05) is 19.0 Å². The van der Waals surface area contributed by atoms with E-state index in [9.17, 15) is 9.59 Å². The summed E-state index contributed by atoms with van der Waals surface area (Å²) in [6.45, 7) is 0. The minimum atomic E-state index is -1.27. The van der Waals surface area contributed by atoms with E-state index in [2.05, 4.69) is 15.0 Å². The number of aromatic nitrogens is 3. The molecule has 0 radical (unpaired) electrons. The van der Waals surface area contributed by atoms with Gasteiger partial charge in [-0.3, -0.25) is 4.79 Å². The molecule has 0 saturated heterocycles. The van der Waals surface area contributed by atoms with Crippen LogP contribution in [0.3, 0.4) is 0 Å². The highest BCUT2D eigenvalue weighted by Gasteiger charge is 2.13. The van der Waals surface area contributed by atoms with Crippen molar-refractivity contribution in [3.8, 4) is 0 Å². The molecular weight excluding hydrogens is 224 g/mol. The molecule has 2 aromatic rings. The lowest BCUT2D eigenvalue weighted by molar-refractivity contribution is 0.0695. The molecule has 0 aliphatic rings. The fraction of sp³-hybridized carbons (Fsp3) is 0.200. The van der Waals surface area contributed by atoms with E-state index in [0.717, 1.165) is 6.20 Å². The molecule has 0 bridgehead atoms. The van der Waals surface area contributed by atoms with Crippen LogP contribution < -0.4 is 10.3 Å². The van der Waals surface area contributed by atoms with Crippen LogP contribution in [-0.2, 0) is 0 Å². The van der Waals surface area contributed by atoms with Crippen LogP contribution in [0.15, 0.2) is 17.2 Å². The number of aromatic amines is 1. The van der Waals surface area contributed by atoms with Crippen molar-refractivity contribution in [2.45, 2.75) is 0 Å². The van der Waals surface area contributed by atoms with E-state index in [1.54, 1.807) is 19.0 Å². The van der Waals surface area contributed by atoms with Crippen LogP contribution >= 0.6 is 0 Å². The number of carboxylic acids is 1. The van der Waals surface area contributed by atoms with Crippen LogP contribution in [0.1, 0.15) is 10.4 Å². The number of anilines is 1. The largest absolute Gasteiger partial charge is 0.477 e. The molecule has 7 heteroatoms. The molecule has 0 atom stereocenters. The van der Waals surface area contributed by atoms with Gasteiger partial charge in [0.05, 0.1) is 5.39 Å². The molecule has 0 aromatic carbocycles. The lowest BCUT2D eigenvalue weighted by Crippen LogP contribution is -2.18. The molecule has 0 saturated carbocycles. The van der Waals surface area contributed by atoms with Crippen LogP contribution in [0.4, 0.5) is 5.95 Å². The molecule has 0 unspecified atom stereocenters. The number of aromatic carboxylic acids is 1. The van der Waals surface area contributed by atoms with Gasteiger partial charge in [-0.25, -0.2) is 9.78 Å². The number of H-pyrrole nitrogens is 1. The lowest BCUT2D eigenvalue weighted by atomic mass is 10.2. The Labute approximate surface area is 95.7 Å². The van der Waals surface area contributed by atoms with Gasteiger partial charge in [-0.15, -0.1) is 0 Å². The molecular formula is C10H10N4O3. The Balaban J connectivity index is 2.73. The summed E-state index contributed by atoms with van der Waals surface area (Å²) in [5.74, 6) is -0.832. The van der Waals surface area contributed by atoms with E-state index < -0.39 is 11.4 Å². The Kier molecular flexibility index (Phi) is 2.51. The number of hydrogen-bond acceptors (Lipinski definition) is 5. The first-order chi connectivity index (χ1) is 8.00. The van der Waals surface area contributed by atoms with Crippen molar-refractivity contribution in [1.29, 1.82) is 0 Å². The summed E-state index contributed by atoms with van der Waals surface area (Å²) in [5.41, 5.74) is -0.589. The first-order valence-corrected chi connectivity index (χ1v) is 4.79. The molecule has 2 aromatic heterocycles. The number of fused-ring (bicyclic) bond motifs is 1. The first kappa shape index (κ1) is 11.1. The fourth-order valence-corrected chi connectivity index (χ4v) is 1.37. The zero-order valence-electron chi connectivity index (χ0n) is 9.26. The van der Waals surface area contributed by atoms with Crippen LogP contribution in [-0.4, -0.2) is 40.1 Å². The highest BCUT2D eigenvalue weighted by atomic mass is 16.4. The van der Waals surface area contributed by atoms with Crippen LogP contribution in [0.2, 0.25) is 0 Å². The molecule has 0 aliphatic carbocycles. The number of nitrogens with one attached hydrogen (secondary N) is 1. The topological polar surface area (TPSA) is 99.2 Å². The molecule has 7 nitrogen and oxygen atoms in total. The third kappa shape index (κ3) is 1.82. The van der Waals surface area contributed by atoms with Gasteiger partial charge < -0.3 is 15.0 Å². The highest BCUT2D eigenvalue weighted by Crippen LogP contribution is 2.08. The SMILES string of the molecule is CN(C)c1ncc2c(=O)c(C(=O)O)c[nH]c2n1. The van der Waals surface area contributed by atoms with Gasteiger partial charge in [0.25, 0.3) is 0 Å². The molecule has 0 amide bonds. The Morgan fingerprint density at radius 3 is 2.76 bits per heavy atom. The third-order valence-electron chi connectivity index (χ3n) is 2.25. The maximum atomic E-state index is 11.8. The van der Waals surface area contributed by atoms with Crippen molar-refractivity contribution in [3.05, 3.63) is 28.2 Å². The standard InChI is InChI=1S/C10H10N4O3/c1-14(2)10-12-3-5-7(15)6(9(16)17)4-11-8(5)13-10/h3-4H,1-2H3,(H,16,17)(H,11,12,13,15). The number of hydrogen-bond donors (Lipinski definition) is 2. The van der Waals surface area contributed by atoms with Crippen LogP contribution in [0.25, 0.3) is 11.0 Å². The van der Waals surface area contributed by atoms with Gasteiger partial charge in [0, 0.05) is 26.5 Å². The summed E-state index contributed by atoms with van der Waals surface area (Å²) in [5, 5.41) is 8.96. The second kappa shape index (κ2) is 3.85. The maximum absolute atomic E-state index is 11.8. The van der Waals surface area contributed by atoms with Crippen molar-refractivity contribution < 1.29 is 9.90 Å². The number of carboxylic acid groups (broad SMARTS) is 1. The third-order valence-corrected chi connectivity index (χ3v) is 2.25. The summed E-state index contributed by atoms with van der Waals surface area (Å²) in [6.07, 6.45) is 2.46. The molecule has 17 heavy (non-hydrogen) atoms. The minimum absolute atomic E-state index is 0.163. The van der Waals surface area contributed by atoms with Gasteiger partial charge in [-0.05, 0) is 0 Å². The molecule has 2 heterocycles. The highest BCUT2D eigenvalue weighted by molar-refractivity contribution is 5.91. The zero-order chi connectivity index (χ0) is 12.6. The number of pyridine rings is 1. The average Bonchev–Trinajstić information content (AvgIpc) is 2.28. The summed E-state index contributed by atoms with van der Waals surface area (Å²) in [4.78, 5) is 35.0. The Hall–Kier alpha value is -2.44. The second-order valence-corrected chi connectivity index (χ2v) is 3.66. The van der Waals surface area contributed by atoms with Crippen molar-refractivity contribution in [3.63, 3.8) is 0 Å². The zero-order valence-corrected chi connectivity index (χ0v) is 9.26. The van der Waals surface area contributed by atoms with E-state index in [1.165, 1.54) is 6.20 Å². The molecule has 2 N–H and O–H groups in total. The van der Waals surface area contributed by atoms with Gasteiger partial charge >= 0.3 is 5.97 Å². The lowest BCUT2D eigenvalue weighted by Gasteiger charge is -2.09. The van der Waals surface area contributed by atoms with Crippen LogP contribution in [0, 0.1) is 0 Å². The Morgan fingerprint density at radius 2 is 2.18 bits per heavy atom. The van der Waals surface area contributed by atoms with Crippen molar-refractivity contribution >= 4 is 23.0 Å². The van der Waals surface area contributed by atoms with Gasteiger partial charge in [0.1, 0.15) is 11.2 Å². The first-order valence-electron chi connectivity index (χ1n) is 4.79. The van der Waals surface area contributed by atoms with E-state index in [-0.39, 0.29) is 10.9 Å². The van der Waals surface area contributed by atoms with Crippen molar-refractivity contribution in [2.24, 2.45) is 0 Å². The van der Waals surface area contributed by atoms with Gasteiger partial charge in [0.2, 0.25) is 11.4 Å². The van der Waals surface area contributed by atoms with Crippen molar-refractivity contribution in [1.82, 2.24) is 15.0 Å².